The zero-order chi connectivity index (χ0) is 29.0. The standard InChI is InChI=1S/C31H35Cl2N9/c1-39-11-13-41(14-12-39)22-7-9-23(10-8-22)42-17-24(27-29(34)35-18-36-30(27)42)19-3-5-21(6-4-19)37-31-38-28-25(33)15-20(32)16-26(28)40(31)2/h3-6,15-18,22-23H,7-14H2,1-2H3,(H,37,38)(H2,34,35,36)/t22-,23-. The molecule has 0 amide bonds. The number of hydrogen-bond donors (Lipinski definition) is 2. The van der Waals surface area contributed by atoms with Gasteiger partial charge in [0.15, 0.2) is 0 Å². The van der Waals surface area contributed by atoms with Gasteiger partial charge in [-0.05, 0) is 62.6 Å². The third kappa shape index (κ3) is 4.98. The predicted molar refractivity (Wildman–Crippen MR) is 172 cm³/mol. The molecule has 218 valence electrons. The predicted octanol–water partition coefficient (Wildman–Crippen LogP) is 6.35. The molecule has 0 spiro atoms. The van der Waals surface area contributed by atoms with Crippen molar-refractivity contribution in [1.29, 1.82) is 0 Å². The maximum atomic E-state index is 6.46. The monoisotopic (exact) mass is 603 g/mol. The Balaban J connectivity index is 1.13. The van der Waals surface area contributed by atoms with Crippen LogP contribution in [0.2, 0.25) is 10.0 Å². The maximum absolute atomic E-state index is 6.46. The molecule has 42 heavy (non-hydrogen) atoms. The number of nitrogens with one attached hydrogen (secondary N) is 1. The number of benzene rings is 2. The van der Waals surface area contributed by atoms with E-state index in [1.807, 2.05) is 29.8 Å². The minimum atomic E-state index is 0.401. The highest BCUT2D eigenvalue weighted by Gasteiger charge is 2.30. The van der Waals surface area contributed by atoms with E-state index in [2.05, 4.69) is 50.0 Å². The molecule has 9 nitrogen and oxygen atoms in total. The van der Waals surface area contributed by atoms with Crippen molar-refractivity contribution < 1.29 is 0 Å². The van der Waals surface area contributed by atoms with Gasteiger partial charge in [-0.2, -0.15) is 0 Å². The summed E-state index contributed by atoms with van der Waals surface area (Å²) in [6.07, 6.45) is 8.52. The number of nitrogens with zero attached hydrogens (tertiary/aromatic N) is 7. The number of aromatic nitrogens is 5. The molecule has 1 saturated carbocycles. The number of halogens is 2. The second-order valence-corrected chi connectivity index (χ2v) is 12.5. The molecular formula is C31H35Cl2N9. The van der Waals surface area contributed by atoms with Crippen LogP contribution in [0.3, 0.4) is 0 Å². The molecule has 4 heterocycles. The van der Waals surface area contributed by atoms with E-state index in [1.165, 1.54) is 25.9 Å². The molecule has 5 aromatic rings. The first-order valence-corrected chi connectivity index (χ1v) is 15.3. The van der Waals surface area contributed by atoms with E-state index in [-0.39, 0.29) is 0 Å². The van der Waals surface area contributed by atoms with Gasteiger partial charge in [-0.15, -0.1) is 0 Å². The SMILES string of the molecule is CN1CCN([C@H]2CC[C@H](n3cc(-c4ccc(Nc5nc6c(Cl)cc(Cl)cc6n5C)cc4)c4c(N)ncnc43)CC2)CC1. The molecule has 1 aliphatic carbocycles. The third-order valence-electron chi connectivity index (χ3n) is 9.11. The van der Waals surface area contributed by atoms with Crippen molar-refractivity contribution in [3.8, 4) is 11.1 Å². The number of likely N-dealkylation sites (N-methyl/N-ethyl adjacent to an activating group) is 1. The van der Waals surface area contributed by atoms with Crippen molar-refractivity contribution in [3.63, 3.8) is 0 Å². The first-order valence-electron chi connectivity index (χ1n) is 14.6. The Morgan fingerprint density at radius 3 is 2.36 bits per heavy atom. The summed E-state index contributed by atoms with van der Waals surface area (Å²) in [6.45, 7) is 4.68. The van der Waals surface area contributed by atoms with Crippen LogP contribution in [0.25, 0.3) is 33.2 Å². The van der Waals surface area contributed by atoms with Gasteiger partial charge < -0.3 is 25.1 Å². The zero-order valence-corrected chi connectivity index (χ0v) is 25.4. The fourth-order valence-corrected chi connectivity index (χ4v) is 7.21. The Morgan fingerprint density at radius 2 is 1.62 bits per heavy atom. The molecule has 2 aliphatic rings. The van der Waals surface area contributed by atoms with Gasteiger partial charge in [0.2, 0.25) is 5.95 Å². The Bertz CT molecular complexity index is 1740. The summed E-state index contributed by atoms with van der Waals surface area (Å²) in [5.41, 5.74) is 12.0. The minimum Gasteiger partial charge on any atom is -0.383 e. The van der Waals surface area contributed by atoms with E-state index < -0.39 is 0 Å². The van der Waals surface area contributed by atoms with Gasteiger partial charge >= 0.3 is 0 Å². The van der Waals surface area contributed by atoms with Crippen LogP contribution >= 0.6 is 23.2 Å². The van der Waals surface area contributed by atoms with E-state index in [4.69, 9.17) is 38.9 Å². The average molecular weight is 605 g/mol. The van der Waals surface area contributed by atoms with Crippen molar-refractivity contribution in [2.75, 3.05) is 44.3 Å². The van der Waals surface area contributed by atoms with Crippen molar-refractivity contribution in [3.05, 3.63) is 59.0 Å². The quantitative estimate of drug-likeness (QED) is 0.242. The number of aryl methyl sites for hydroxylation is 1. The molecule has 0 unspecified atom stereocenters. The first-order chi connectivity index (χ1) is 20.4. The highest BCUT2D eigenvalue weighted by Crippen LogP contribution is 2.39. The Kier molecular flexibility index (Phi) is 7.22. The number of fused-ring (bicyclic) bond motifs is 2. The topological polar surface area (TPSA) is 93.1 Å². The summed E-state index contributed by atoms with van der Waals surface area (Å²) in [7, 11) is 4.16. The summed E-state index contributed by atoms with van der Waals surface area (Å²) < 4.78 is 4.30. The van der Waals surface area contributed by atoms with Crippen LogP contribution in [0.1, 0.15) is 31.7 Å². The van der Waals surface area contributed by atoms with Crippen LogP contribution in [0.5, 0.6) is 0 Å². The van der Waals surface area contributed by atoms with Crippen LogP contribution in [0.15, 0.2) is 48.9 Å². The van der Waals surface area contributed by atoms with E-state index in [1.54, 1.807) is 12.4 Å². The molecular weight excluding hydrogens is 569 g/mol. The number of nitrogen functional groups attached to an aromatic ring is 1. The number of anilines is 3. The summed E-state index contributed by atoms with van der Waals surface area (Å²) in [6, 6.07) is 13.0. The molecule has 1 aliphatic heterocycles. The van der Waals surface area contributed by atoms with E-state index in [0.29, 0.717) is 39.4 Å². The van der Waals surface area contributed by atoms with Gasteiger partial charge in [-0.1, -0.05) is 35.3 Å². The fraction of sp³-hybridized carbons (Fsp3) is 0.387. The lowest BCUT2D eigenvalue weighted by molar-refractivity contribution is 0.0828. The average Bonchev–Trinajstić information content (AvgIpc) is 3.53. The molecule has 0 atom stereocenters. The highest BCUT2D eigenvalue weighted by atomic mass is 35.5. The van der Waals surface area contributed by atoms with E-state index >= 15 is 0 Å². The van der Waals surface area contributed by atoms with Crippen molar-refractivity contribution in [2.24, 2.45) is 7.05 Å². The molecule has 7 rings (SSSR count). The van der Waals surface area contributed by atoms with Gasteiger partial charge in [0.05, 0.1) is 15.9 Å². The van der Waals surface area contributed by atoms with Gasteiger partial charge in [0.1, 0.15) is 23.3 Å². The van der Waals surface area contributed by atoms with Crippen LogP contribution in [-0.2, 0) is 7.05 Å². The van der Waals surface area contributed by atoms with E-state index in [9.17, 15) is 0 Å². The van der Waals surface area contributed by atoms with Crippen molar-refractivity contribution in [2.45, 2.75) is 37.8 Å². The summed E-state index contributed by atoms with van der Waals surface area (Å²) in [5, 5.41) is 5.44. The van der Waals surface area contributed by atoms with Crippen LogP contribution < -0.4 is 11.1 Å². The second-order valence-electron chi connectivity index (χ2n) is 11.7. The Labute approximate surface area is 255 Å². The smallest absolute Gasteiger partial charge is 0.208 e. The molecule has 3 aromatic heterocycles. The summed E-state index contributed by atoms with van der Waals surface area (Å²) in [5.74, 6) is 1.20. The Hall–Kier alpha value is -3.37. The lowest BCUT2D eigenvalue weighted by atomic mass is 9.89. The molecule has 11 heteroatoms. The van der Waals surface area contributed by atoms with Crippen LogP contribution in [-0.4, -0.2) is 73.2 Å². The number of imidazole rings is 1. The third-order valence-corrected chi connectivity index (χ3v) is 9.62. The largest absolute Gasteiger partial charge is 0.383 e. The molecule has 2 aromatic carbocycles. The fourth-order valence-electron chi connectivity index (χ4n) is 6.68. The summed E-state index contributed by atoms with van der Waals surface area (Å²) in [4.78, 5) is 18.9. The molecule has 0 radical (unpaired) electrons. The molecule has 1 saturated heterocycles. The lowest BCUT2D eigenvalue weighted by Gasteiger charge is -2.41. The number of hydrogen-bond acceptors (Lipinski definition) is 7. The van der Waals surface area contributed by atoms with Gasteiger partial charge in [-0.3, -0.25) is 4.90 Å². The summed E-state index contributed by atoms with van der Waals surface area (Å²) >= 11 is 12.6. The van der Waals surface area contributed by atoms with E-state index in [0.717, 1.165) is 59.3 Å². The van der Waals surface area contributed by atoms with Gasteiger partial charge in [-0.25, -0.2) is 15.0 Å². The zero-order valence-electron chi connectivity index (χ0n) is 23.9. The Morgan fingerprint density at radius 1 is 0.905 bits per heavy atom. The van der Waals surface area contributed by atoms with Gasteiger partial charge in [0, 0.05) is 67.8 Å². The van der Waals surface area contributed by atoms with Crippen LogP contribution in [0.4, 0.5) is 17.5 Å². The lowest BCUT2D eigenvalue weighted by Crippen LogP contribution is -2.49. The van der Waals surface area contributed by atoms with Gasteiger partial charge in [0.25, 0.3) is 0 Å². The van der Waals surface area contributed by atoms with Crippen molar-refractivity contribution in [1.82, 2.24) is 33.9 Å². The molecule has 0 bridgehead atoms. The second kappa shape index (κ2) is 11.0. The minimum absolute atomic E-state index is 0.401. The maximum Gasteiger partial charge on any atom is 0.208 e. The number of rotatable bonds is 5. The van der Waals surface area contributed by atoms with Crippen LogP contribution in [0, 0.1) is 0 Å². The number of nitrogens with two attached hydrogens (primary N) is 1. The normalized spacial score (nSPS) is 20.5. The first kappa shape index (κ1) is 27.5. The highest BCUT2D eigenvalue weighted by molar-refractivity contribution is 6.38. The molecule has 3 N–H and O–H groups in total. The number of piperazine rings is 1. The van der Waals surface area contributed by atoms with Crippen molar-refractivity contribution >= 4 is 62.7 Å². The molecule has 2 fully saturated rings.